The van der Waals surface area contributed by atoms with E-state index in [4.69, 9.17) is 18.9 Å². The van der Waals surface area contributed by atoms with E-state index < -0.39 is 0 Å². The highest BCUT2D eigenvalue weighted by molar-refractivity contribution is 6.13. The molecule has 10 nitrogen and oxygen atoms in total. The topological polar surface area (TPSA) is 111 Å². The number of methoxy groups -OCH3 is 4. The Morgan fingerprint density at radius 3 is 2.15 bits per heavy atom. The van der Waals surface area contributed by atoms with E-state index in [1.165, 1.54) is 17.3 Å². The van der Waals surface area contributed by atoms with Crippen molar-refractivity contribution in [3.63, 3.8) is 0 Å². The summed E-state index contributed by atoms with van der Waals surface area (Å²) in [5.41, 5.74) is 5.84. The van der Waals surface area contributed by atoms with E-state index in [0.29, 0.717) is 46.2 Å². The van der Waals surface area contributed by atoms with Crippen molar-refractivity contribution in [1.82, 2.24) is 9.88 Å². The lowest BCUT2D eigenvalue weighted by molar-refractivity contribution is 0.102. The van der Waals surface area contributed by atoms with Gasteiger partial charge in [-0.05, 0) is 72.0 Å². The quantitative estimate of drug-likeness (QED) is 0.170. The first-order valence-electron chi connectivity index (χ1n) is 15.7. The zero-order valence-electron chi connectivity index (χ0n) is 27.5. The SMILES string of the molecule is COc1cc2c(cc1OC)CN(CCc1cc(OC)c(OC)cc1NC(=O)c1ccccc1NC(=O)c1cnc3ccccc3c1)CC2. The van der Waals surface area contributed by atoms with Crippen LogP contribution in [0.4, 0.5) is 11.4 Å². The fourth-order valence-corrected chi connectivity index (χ4v) is 6.02. The van der Waals surface area contributed by atoms with Crippen LogP contribution >= 0.6 is 0 Å². The van der Waals surface area contributed by atoms with E-state index >= 15 is 0 Å². The lowest BCUT2D eigenvalue weighted by Crippen LogP contribution is -2.32. The summed E-state index contributed by atoms with van der Waals surface area (Å²) in [4.78, 5) is 33.8. The Hall–Kier alpha value is -5.61. The molecule has 1 aromatic heterocycles. The van der Waals surface area contributed by atoms with Crippen LogP contribution in [0.1, 0.15) is 37.4 Å². The van der Waals surface area contributed by atoms with Crippen molar-refractivity contribution in [3.05, 3.63) is 113 Å². The number of nitrogens with zero attached hydrogens (tertiary/aromatic N) is 2. The zero-order chi connectivity index (χ0) is 33.6. The minimum absolute atomic E-state index is 0.317. The number of carbonyl (C=O) groups excluding carboxylic acids is 2. The Morgan fingerprint density at radius 1 is 0.729 bits per heavy atom. The fraction of sp³-hybridized carbons (Fsp3) is 0.237. The van der Waals surface area contributed by atoms with Crippen LogP contribution in [-0.2, 0) is 19.4 Å². The molecule has 2 amide bonds. The summed E-state index contributed by atoms with van der Waals surface area (Å²) >= 11 is 0. The number of amides is 2. The average Bonchev–Trinajstić information content (AvgIpc) is 3.13. The number of carbonyl (C=O) groups is 2. The summed E-state index contributed by atoms with van der Waals surface area (Å²) < 4.78 is 22.2. The van der Waals surface area contributed by atoms with Gasteiger partial charge in [0, 0.05) is 43.0 Å². The van der Waals surface area contributed by atoms with Gasteiger partial charge in [-0.1, -0.05) is 30.3 Å². The number of anilines is 2. The molecule has 246 valence electrons. The normalized spacial score (nSPS) is 12.6. The Kier molecular flexibility index (Phi) is 9.73. The van der Waals surface area contributed by atoms with Crippen molar-refractivity contribution < 1.29 is 28.5 Å². The molecule has 2 heterocycles. The lowest BCUT2D eigenvalue weighted by atomic mass is 9.98. The standard InChI is InChI=1S/C38H38N4O6/c1-45-33-18-24-13-15-42(23-28(24)20-35(33)47-3)16-14-26-19-34(46-2)36(48-4)21-32(26)41-38(44)29-10-6-8-12-31(29)40-37(43)27-17-25-9-5-7-11-30(25)39-22-27/h5-12,17-22H,13-16,23H2,1-4H3,(H,40,43)(H,41,44). The molecular weight excluding hydrogens is 608 g/mol. The molecule has 2 N–H and O–H groups in total. The molecule has 0 saturated carbocycles. The second-order valence-corrected chi connectivity index (χ2v) is 11.5. The predicted molar refractivity (Wildman–Crippen MR) is 186 cm³/mol. The van der Waals surface area contributed by atoms with E-state index in [1.54, 1.807) is 64.8 Å². The highest BCUT2D eigenvalue weighted by Gasteiger charge is 2.22. The Morgan fingerprint density at radius 2 is 1.38 bits per heavy atom. The van der Waals surface area contributed by atoms with Crippen LogP contribution in [0.3, 0.4) is 0 Å². The van der Waals surface area contributed by atoms with Gasteiger partial charge in [0.25, 0.3) is 11.8 Å². The third kappa shape index (κ3) is 6.89. The summed E-state index contributed by atoms with van der Waals surface area (Å²) in [5, 5.41) is 6.82. The number of rotatable bonds is 11. The smallest absolute Gasteiger partial charge is 0.257 e. The molecule has 4 aromatic carbocycles. The average molecular weight is 647 g/mol. The highest BCUT2D eigenvalue weighted by atomic mass is 16.5. The largest absolute Gasteiger partial charge is 0.493 e. The maximum atomic E-state index is 13.8. The second-order valence-electron chi connectivity index (χ2n) is 11.5. The van der Waals surface area contributed by atoms with Crippen LogP contribution in [0.15, 0.2) is 85.1 Å². The molecule has 0 spiro atoms. The van der Waals surface area contributed by atoms with Gasteiger partial charge in [-0.25, -0.2) is 0 Å². The highest BCUT2D eigenvalue weighted by Crippen LogP contribution is 2.36. The predicted octanol–water partition coefficient (Wildman–Crippen LogP) is 6.37. The number of ether oxygens (including phenoxy) is 4. The number of benzene rings is 4. The summed E-state index contributed by atoms with van der Waals surface area (Å²) in [7, 11) is 6.45. The molecule has 1 aliphatic rings. The Balaban J connectivity index is 1.21. The molecule has 0 saturated heterocycles. The molecule has 0 bridgehead atoms. The van der Waals surface area contributed by atoms with E-state index in [2.05, 4.69) is 32.7 Å². The first-order chi connectivity index (χ1) is 23.4. The van der Waals surface area contributed by atoms with Gasteiger partial charge in [-0.3, -0.25) is 19.5 Å². The second kappa shape index (κ2) is 14.4. The first kappa shape index (κ1) is 32.3. The number of para-hydroxylation sites is 2. The number of aromatic nitrogens is 1. The van der Waals surface area contributed by atoms with Crippen LogP contribution in [0.25, 0.3) is 10.9 Å². The Bertz CT molecular complexity index is 1980. The Labute approximate surface area is 279 Å². The summed E-state index contributed by atoms with van der Waals surface area (Å²) in [6.45, 7) is 2.40. The maximum absolute atomic E-state index is 13.8. The monoisotopic (exact) mass is 646 g/mol. The molecule has 5 aromatic rings. The van der Waals surface area contributed by atoms with Gasteiger partial charge in [0.1, 0.15) is 0 Å². The van der Waals surface area contributed by atoms with E-state index in [-0.39, 0.29) is 11.8 Å². The van der Waals surface area contributed by atoms with Crippen LogP contribution in [-0.4, -0.2) is 63.2 Å². The third-order valence-electron chi connectivity index (χ3n) is 8.62. The van der Waals surface area contributed by atoms with Crippen molar-refractivity contribution in [2.75, 3.05) is 52.2 Å². The van der Waals surface area contributed by atoms with Crippen molar-refractivity contribution >= 4 is 34.1 Å². The molecule has 0 aliphatic carbocycles. The van der Waals surface area contributed by atoms with Crippen molar-refractivity contribution in [2.24, 2.45) is 0 Å². The van der Waals surface area contributed by atoms with Crippen molar-refractivity contribution in [3.8, 4) is 23.0 Å². The zero-order valence-corrected chi connectivity index (χ0v) is 27.5. The van der Waals surface area contributed by atoms with Crippen LogP contribution in [0, 0.1) is 0 Å². The third-order valence-corrected chi connectivity index (χ3v) is 8.62. The van der Waals surface area contributed by atoms with Crippen LogP contribution < -0.4 is 29.6 Å². The molecule has 48 heavy (non-hydrogen) atoms. The van der Waals surface area contributed by atoms with E-state index in [0.717, 1.165) is 48.3 Å². The minimum atomic E-state index is -0.371. The summed E-state index contributed by atoms with van der Waals surface area (Å²) in [6.07, 6.45) is 3.07. The number of hydrogen-bond donors (Lipinski definition) is 2. The van der Waals surface area contributed by atoms with Gasteiger partial charge in [-0.15, -0.1) is 0 Å². The molecule has 0 atom stereocenters. The molecule has 0 unspecified atom stereocenters. The lowest BCUT2D eigenvalue weighted by Gasteiger charge is -2.30. The minimum Gasteiger partial charge on any atom is -0.493 e. The molecular formula is C38H38N4O6. The number of pyridine rings is 1. The van der Waals surface area contributed by atoms with E-state index in [1.807, 2.05) is 30.3 Å². The maximum Gasteiger partial charge on any atom is 0.257 e. The van der Waals surface area contributed by atoms with Crippen molar-refractivity contribution in [1.29, 1.82) is 0 Å². The van der Waals surface area contributed by atoms with Gasteiger partial charge < -0.3 is 29.6 Å². The molecule has 10 heteroatoms. The number of fused-ring (bicyclic) bond motifs is 2. The van der Waals surface area contributed by atoms with Gasteiger partial charge in [0.15, 0.2) is 23.0 Å². The van der Waals surface area contributed by atoms with E-state index in [9.17, 15) is 9.59 Å². The van der Waals surface area contributed by atoms with Gasteiger partial charge in [0.2, 0.25) is 0 Å². The number of hydrogen-bond acceptors (Lipinski definition) is 8. The van der Waals surface area contributed by atoms with Crippen molar-refractivity contribution in [2.45, 2.75) is 19.4 Å². The first-order valence-corrected chi connectivity index (χ1v) is 15.7. The van der Waals surface area contributed by atoms with Gasteiger partial charge >= 0.3 is 0 Å². The van der Waals surface area contributed by atoms with Crippen LogP contribution in [0.5, 0.6) is 23.0 Å². The summed E-state index contributed by atoms with van der Waals surface area (Å²) in [6, 6.07) is 24.1. The van der Waals surface area contributed by atoms with Gasteiger partial charge in [-0.2, -0.15) is 0 Å². The molecule has 1 aliphatic heterocycles. The fourth-order valence-electron chi connectivity index (χ4n) is 6.02. The summed E-state index contributed by atoms with van der Waals surface area (Å²) in [5.74, 6) is 1.79. The van der Waals surface area contributed by atoms with Crippen LogP contribution in [0.2, 0.25) is 0 Å². The molecule has 6 rings (SSSR count). The number of nitrogens with one attached hydrogen (secondary N) is 2. The molecule has 0 fully saturated rings. The molecule has 0 radical (unpaired) electrons. The van der Waals surface area contributed by atoms with Gasteiger partial charge in [0.05, 0.1) is 50.8 Å².